The van der Waals surface area contributed by atoms with Gasteiger partial charge in [-0.3, -0.25) is 14.5 Å². The molecule has 2 aliphatic heterocycles. The van der Waals surface area contributed by atoms with E-state index < -0.39 is 5.41 Å². The van der Waals surface area contributed by atoms with Gasteiger partial charge in [0.25, 0.3) is 0 Å². The summed E-state index contributed by atoms with van der Waals surface area (Å²) in [5, 5.41) is 2.77. The normalized spacial score (nSPS) is 24.3. The summed E-state index contributed by atoms with van der Waals surface area (Å²) in [4.78, 5) is 32.8. The van der Waals surface area contributed by atoms with E-state index in [1.165, 1.54) is 21.9 Å². The second kappa shape index (κ2) is 8.20. The average Bonchev–Trinajstić information content (AvgIpc) is 3.34. The van der Waals surface area contributed by atoms with Crippen molar-refractivity contribution >= 4 is 28.3 Å². The fraction of sp³-hybridized carbons (Fsp3) is 0.400. The van der Waals surface area contributed by atoms with Gasteiger partial charge in [0.1, 0.15) is 0 Å². The smallest absolute Gasteiger partial charge is 0.238 e. The molecule has 3 aromatic carbocycles. The molecule has 35 heavy (non-hydrogen) atoms. The lowest BCUT2D eigenvalue weighted by Crippen LogP contribution is -2.50. The number of carbonyl (C=O) groups excluding carboxylic acids is 2. The predicted octanol–water partition coefficient (Wildman–Crippen LogP) is 4.68. The fourth-order valence-electron chi connectivity index (χ4n) is 6.63. The first-order chi connectivity index (χ1) is 16.9. The number of hydrogen-bond acceptors (Lipinski definition) is 3. The van der Waals surface area contributed by atoms with E-state index in [-0.39, 0.29) is 24.3 Å². The summed E-state index contributed by atoms with van der Waals surface area (Å²) < 4.78 is 0. The van der Waals surface area contributed by atoms with Crippen molar-refractivity contribution in [2.75, 3.05) is 32.1 Å². The van der Waals surface area contributed by atoms with Crippen molar-refractivity contribution in [2.45, 2.75) is 50.1 Å². The van der Waals surface area contributed by atoms with E-state index in [0.29, 0.717) is 6.04 Å². The van der Waals surface area contributed by atoms with Crippen LogP contribution < -0.4 is 4.90 Å². The maximum Gasteiger partial charge on any atom is 0.238 e. The highest BCUT2D eigenvalue weighted by Gasteiger charge is 2.51. The van der Waals surface area contributed by atoms with Crippen LogP contribution in [-0.4, -0.2) is 54.8 Å². The molecule has 2 amide bonds. The van der Waals surface area contributed by atoms with Crippen LogP contribution in [0.15, 0.2) is 60.7 Å². The number of benzene rings is 3. The molecule has 0 radical (unpaired) electrons. The van der Waals surface area contributed by atoms with Crippen molar-refractivity contribution in [1.29, 1.82) is 0 Å². The molecular weight excluding hydrogens is 434 g/mol. The third kappa shape index (κ3) is 3.40. The minimum Gasteiger partial charge on any atom is -0.349 e. The Morgan fingerprint density at radius 1 is 1.00 bits per heavy atom. The number of likely N-dealkylation sites (tertiary alicyclic amines) is 1. The molecule has 3 aliphatic rings. The zero-order valence-corrected chi connectivity index (χ0v) is 20.8. The van der Waals surface area contributed by atoms with Crippen molar-refractivity contribution in [3.8, 4) is 0 Å². The molecule has 180 valence electrons. The van der Waals surface area contributed by atoms with Gasteiger partial charge in [0.2, 0.25) is 11.8 Å². The Morgan fingerprint density at radius 2 is 1.71 bits per heavy atom. The Morgan fingerprint density at radius 3 is 2.46 bits per heavy atom. The third-order valence-corrected chi connectivity index (χ3v) is 8.55. The Balaban J connectivity index is 1.23. The zero-order chi connectivity index (χ0) is 24.3. The van der Waals surface area contributed by atoms with E-state index >= 15 is 0 Å². The molecule has 1 unspecified atom stereocenters. The zero-order valence-electron chi connectivity index (χ0n) is 20.8. The summed E-state index contributed by atoms with van der Waals surface area (Å²) in [5.74, 6) is 0.0627. The SMILES string of the molecule is CN(C)C(=O)CC1(C)C(=O)N(C2CCN([C@@H]3Cc4cccc5cccc3c45)CC2)c2ccccc21. The molecule has 2 heterocycles. The Bertz CT molecular complexity index is 1320. The largest absolute Gasteiger partial charge is 0.349 e. The molecular formula is C30H33N3O2. The monoisotopic (exact) mass is 467 g/mol. The van der Waals surface area contributed by atoms with Gasteiger partial charge in [-0.1, -0.05) is 54.6 Å². The van der Waals surface area contributed by atoms with Gasteiger partial charge in [-0.15, -0.1) is 0 Å². The topological polar surface area (TPSA) is 43.9 Å². The highest BCUT2D eigenvalue weighted by molar-refractivity contribution is 6.10. The van der Waals surface area contributed by atoms with Crippen LogP contribution >= 0.6 is 0 Å². The summed E-state index contributed by atoms with van der Waals surface area (Å²) >= 11 is 0. The summed E-state index contributed by atoms with van der Waals surface area (Å²) in [5.41, 5.74) is 4.07. The molecule has 0 aromatic heterocycles. The molecule has 1 saturated heterocycles. The predicted molar refractivity (Wildman–Crippen MR) is 140 cm³/mol. The van der Waals surface area contributed by atoms with Crippen LogP contribution in [0.1, 0.15) is 48.9 Å². The average molecular weight is 468 g/mol. The minimum absolute atomic E-state index is 0.0118. The molecule has 0 saturated carbocycles. The van der Waals surface area contributed by atoms with Crippen molar-refractivity contribution < 1.29 is 9.59 Å². The fourth-order valence-corrected chi connectivity index (χ4v) is 6.63. The minimum atomic E-state index is -0.808. The van der Waals surface area contributed by atoms with Crippen LogP contribution in [0.5, 0.6) is 0 Å². The third-order valence-electron chi connectivity index (χ3n) is 8.55. The summed E-state index contributed by atoms with van der Waals surface area (Å²) in [6.07, 6.45) is 3.16. The molecule has 2 atom stereocenters. The van der Waals surface area contributed by atoms with Gasteiger partial charge >= 0.3 is 0 Å². The summed E-state index contributed by atoms with van der Waals surface area (Å²) in [6, 6.07) is 22.0. The van der Waals surface area contributed by atoms with Crippen molar-refractivity contribution in [3.63, 3.8) is 0 Å². The number of hydrogen-bond donors (Lipinski definition) is 0. The van der Waals surface area contributed by atoms with Gasteiger partial charge in [-0.2, -0.15) is 0 Å². The molecule has 5 heteroatoms. The van der Waals surface area contributed by atoms with Crippen LogP contribution in [0.3, 0.4) is 0 Å². The van der Waals surface area contributed by atoms with E-state index in [1.807, 2.05) is 30.0 Å². The first kappa shape index (κ1) is 22.3. The van der Waals surface area contributed by atoms with Crippen molar-refractivity contribution in [3.05, 3.63) is 77.4 Å². The first-order valence-electron chi connectivity index (χ1n) is 12.8. The second-order valence-corrected chi connectivity index (χ2v) is 10.8. The number of amides is 2. The second-order valence-electron chi connectivity index (χ2n) is 10.8. The highest BCUT2D eigenvalue weighted by Crippen LogP contribution is 2.47. The number of piperidine rings is 1. The van der Waals surface area contributed by atoms with Gasteiger partial charge in [-0.25, -0.2) is 0 Å². The number of rotatable bonds is 4. The maximum absolute atomic E-state index is 13.9. The van der Waals surface area contributed by atoms with Gasteiger partial charge in [0, 0.05) is 51.4 Å². The lowest BCUT2D eigenvalue weighted by molar-refractivity contribution is -0.134. The summed E-state index contributed by atoms with van der Waals surface area (Å²) in [7, 11) is 3.51. The van der Waals surface area contributed by atoms with E-state index in [4.69, 9.17) is 0 Å². The Labute approximate surface area is 207 Å². The number of carbonyl (C=O) groups is 2. The molecule has 3 aromatic rings. The van der Waals surface area contributed by atoms with Crippen molar-refractivity contribution in [2.24, 2.45) is 0 Å². The standard InChI is InChI=1S/C30H33N3O2/c1-30(19-27(34)31(2)3)24-12-4-5-13-25(24)33(29(30)35)22-14-16-32(17-15-22)26-18-21-10-6-8-20-9-7-11-23(26)28(20)21/h4-13,22,26H,14-19H2,1-3H3/t26-,30?/m1/s1. The highest BCUT2D eigenvalue weighted by atomic mass is 16.2. The lowest BCUT2D eigenvalue weighted by atomic mass is 9.80. The van der Waals surface area contributed by atoms with Gasteiger partial charge < -0.3 is 9.80 Å². The quantitative estimate of drug-likeness (QED) is 0.559. The van der Waals surface area contributed by atoms with Crippen LogP contribution in [0, 0.1) is 0 Å². The molecule has 0 bridgehead atoms. The van der Waals surface area contributed by atoms with E-state index in [0.717, 1.165) is 43.6 Å². The van der Waals surface area contributed by atoms with E-state index in [1.54, 1.807) is 19.0 Å². The summed E-state index contributed by atoms with van der Waals surface area (Å²) in [6.45, 7) is 3.89. The Hall–Kier alpha value is -3.18. The molecule has 0 N–H and O–H groups in total. The van der Waals surface area contributed by atoms with Crippen LogP contribution in [0.4, 0.5) is 5.69 Å². The molecule has 1 fully saturated rings. The maximum atomic E-state index is 13.9. The number of anilines is 1. The van der Waals surface area contributed by atoms with Gasteiger partial charge in [-0.05, 0) is 59.7 Å². The molecule has 5 nitrogen and oxygen atoms in total. The van der Waals surface area contributed by atoms with E-state index in [2.05, 4.69) is 47.4 Å². The van der Waals surface area contributed by atoms with E-state index in [9.17, 15) is 9.59 Å². The van der Waals surface area contributed by atoms with Gasteiger partial charge in [0.05, 0.1) is 5.41 Å². The molecule has 0 spiro atoms. The first-order valence-corrected chi connectivity index (χ1v) is 12.8. The number of para-hydroxylation sites is 1. The van der Waals surface area contributed by atoms with Gasteiger partial charge in [0.15, 0.2) is 0 Å². The van der Waals surface area contributed by atoms with Crippen LogP contribution in [0.2, 0.25) is 0 Å². The van der Waals surface area contributed by atoms with Crippen LogP contribution in [-0.2, 0) is 21.4 Å². The van der Waals surface area contributed by atoms with Crippen molar-refractivity contribution in [1.82, 2.24) is 9.80 Å². The molecule has 6 rings (SSSR count). The number of fused-ring (bicyclic) bond motifs is 1. The lowest BCUT2D eigenvalue weighted by Gasteiger charge is -2.40. The number of nitrogens with zero attached hydrogens (tertiary/aromatic N) is 3. The molecule has 1 aliphatic carbocycles. The Kier molecular flexibility index (Phi) is 5.22. The van der Waals surface area contributed by atoms with Crippen LogP contribution in [0.25, 0.3) is 10.8 Å².